The summed E-state index contributed by atoms with van der Waals surface area (Å²) in [5.41, 5.74) is 0.901. The number of hydrogen-bond donors (Lipinski definition) is 1. The van der Waals surface area contributed by atoms with Crippen LogP contribution in [0.2, 0.25) is 5.02 Å². The van der Waals surface area contributed by atoms with E-state index in [-0.39, 0.29) is 28.2 Å². The lowest BCUT2D eigenvalue weighted by atomic mass is 10.2. The lowest BCUT2D eigenvalue weighted by molar-refractivity contribution is 0.123. The van der Waals surface area contributed by atoms with E-state index in [1.165, 1.54) is 31.0 Å². The maximum absolute atomic E-state index is 13.1. The van der Waals surface area contributed by atoms with Gasteiger partial charge in [-0.25, -0.2) is 22.3 Å². The first-order valence-electron chi connectivity index (χ1n) is 10.1. The predicted molar refractivity (Wildman–Crippen MR) is 121 cm³/mol. The van der Waals surface area contributed by atoms with Gasteiger partial charge in [0.2, 0.25) is 34.2 Å². The molecule has 0 atom stereocenters. The van der Waals surface area contributed by atoms with Gasteiger partial charge in [0, 0.05) is 31.1 Å². The van der Waals surface area contributed by atoms with E-state index in [2.05, 4.69) is 9.97 Å². The molecule has 1 fully saturated rings. The maximum Gasteiger partial charge on any atom is 0.243 e. The number of benzene rings is 1. The van der Waals surface area contributed by atoms with Crippen molar-refractivity contribution >= 4 is 38.2 Å². The van der Waals surface area contributed by atoms with Gasteiger partial charge in [0.05, 0.1) is 49.2 Å². The van der Waals surface area contributed by atoms with Crippen LogP contribution in [-0.2, 0) is 21.2 Å². The second kappa shape index (κ2) is 9.49. The molecule has 34 heavy (non-hydrogen) atoms. The number of anilines is 1. The largest absolute Gasteiger partial charge is 0.481 e. The Balaban J connectivity index is 2.05. The highest BCUT2D eigenvalue weighted by Crippen LogP contribution is 2.40. The molecule has 0 spiro atoms. The molecule has 10 nitrogen and oxygen atoms in total. The van der Waals surface area contributed by atoms with E-state index in [1.807, 2.05) is 4.90 Å². The van der Waals surface area contributed by atoms with Gasteiger partial charge in [-0.2, -0.15) is 9.97 Å². The molecule has 2 N–H and O–H groups in total. The molecule has 1 saturated heterocycles. The van der Waals surface area contributed by atoms with Gasteiger partial charge in [-0.15, -0.1) is 0 Å². The molecule has 0 aliphatic carbocycles. The molecule has 0 bridgehead atoms. The Labute approximate surface area is 199 Å². The molecule has 4 rings (SSSR count). The Morgan fingerprint density at radius 1 is 1.18 bits per heavy atom. The zero-order chi connectivity index (χ0) is 24.6. The molecule has 3 aromatic rings. The lowest BCUT2D eigenvalue weighted by Gasteiger charge is -2.30. The van der Waals surface area contributed by atoms with Crippen molar-refractivity contribution in [3.05, 3.63) is 28.9 Å². The first-order valence-corrected chi connectivity index (χ1v) is 12.0. The highest BCUT2D eigenvalue weighted by atomic mass is 35.5. The number of methoxy groups -OCH3 is 2. The Morgan fingerprint density at radius 2 is 1.79 bits per heavy atom. The van der Waals surface area contributed by atoms with Crippen molar-refractivity contribution in [2.24, 2.45) is 5.14 Å². The van der Waals surface area contributed by atoms with E-state index in [0.717, 1.165) is 0 Å². The second-order valence-corrected chi connectivity index (χ2v) is 9.35. The molecule has 2 aromatic heterocycles. The standard InChI is InChI=1S/C20H22ClF2N5O5S/c1-31-18-12(9-15(22)23)19(32-2)26-20(25-18)28-10-14(34(24,29)30)11-3-4-13(21)17(16(11)28)27-5-7-33-8-6-27/h3-4,10,15H,5-9H2,1-2H3,(H2,24,29,30). The van der Waals surface area contributed by atoms with Crippen molar-refractivity contribution in [2.45, 2.75) is 17.7 Å². The number of sulfonamides is 1. The van der Waals surface area contributed by atoms with Crippen LogP contribution in [0.4, 0.5) is 14.5 Å². The molecule has 1 aliphatic rings. The number of nitrogens with zero attached hydrogens (tertiary/aromatic N) is 4. The van der Waals surface area contributed by atoms with Crippen molar-refractivity contribution < 1.29 is 31.4 Å². The topological polar surface area (TPSA) is 122 Å². The Kier molecular flexibility index (Phi) is 6.80. The fourth-order valence-corrected chi connectivity index (χ4v) is 4.92. The van der Waals surface area contributed by atoms with Crippen LogP contribution < -0.4 is 19.5 Å². The minimum Gasteiger partial charge on any atom is -0.481 e. The third kappa shape index (κ3) is 4.48. The van der Waals surface area contributed by atoms with Crippen LogP contribution in [0.1, 0.15) is 5.56 Å². The Hall–Kier alpha value is -2.74. The first-order chi connectivity index (χ1) is 16.2. The van der Waals surface area contributed by atoms with Crippen LogP contribution in [0.15, 0.2) is 23.2 Å². The molecular weight excluding hydrogens is 496 g/mol. The average molecular weight is 518 g/mol. The summed E-state index contributed by atoms with van der Waals surface area (Å²) >= 11 is 6.57. The number of morpholine rings is 1. The Morgan fingerprint density at radius 3 is 2.32 bits per heavy atom. The average Bonchev–Trinajstić information content (AvgIpc) is 3.19. The normalized spacial score (nSPS) is 14.7. The molecule has 1 aliphatic heterocycles. The fraction of sp³-hybridized carbons (Fsp3) is 0.400. The number of hydrogen-bond acceptors (Lipinski definition) is 8. The van der Waals surface area contributed by atoms with Crippen LogP contribution in [0.3, 0.4) is 0 Å². The summed E-state index contributed by atoms with van der Waals surface area (Å²) in [6.45, 7) is 1.93. The molecule has 0 unspecified atom stereocenters. The molecule has 3 heterocycles. The Bertz CT molecular complexity index is 1300. The van der Waals surface area contributed by atoms with Crippen LogP contribution in [0.25, 0.3) is 16.9 Å². The molecular formula is C20H22ClF2N5O5S. The quantitative estimate of drug-likeness (QED) is 0.507. The third-order valence-corrected chi connectivity index (χ3v) is 6.61. The first kappa shape index (κ1) is 24.4. The van der Waals surface area contributed by atoms with Crippen LogP contribution in [0, 0.1) is 0 Å². The van der Waals surface area contributed by atoms with Crippen molar-refractivity contribution in [3.8, 4) is 17.7 Å². The number of primary sulfonamides is 1. The third-order valence-electron chi connectivity index (χ3n) is 5.37. The van der Waals surface area contributed by atoms with Crippen molar-refractivity contribution in [1.29, 1.82) is 0 Å². The summed E-state index contributed by atoms with van der Waals surface area (Å²) in [6.07, 6.45) is -2.11. The predicted octanol–water partition coefficient (Wildman–Crippen LogP) is 2.38. The number of nitrogens with two attached hydrogens (primary N) is 1. The van der Waals surface area contributed by atoms with Gasteiger partial charge in [0.25, 0.3) is 0 Å². The molecule has 1 aromatic carbocycles. The minimum absolute atomic E-state index is 0.0154. The number of halogens is 3. The molecule has 14 heteroatoms. The fourth-order valence-electron chi connectivity index (χ4n) is 3.93. The van der Waals surface area contributed by atoms with Gasteiger partial charge in [0.1, 0.15) is 4.90 Å². The zero-order valence-electron chi connectivity index (χ0n) is 18.3. The molecule has 0 radical (unpaired) electrons. The summed E-state index contributed by atoms with van der Waals surface area (Å²) in [4.78, 5) is 10.3. The summed E-state index contributed by atoms with van der Waals surface area (Å²) in [5.74, 6) is -0.324. The second-order valence-electron chi connectivity index (χ2n) is 7.42. The van der Waals surface area contributed by atoms with Gasteiger partial charge < -0.3 is 19.1 Å². The van der Waals surface area contributed by atoms with Crippen molar-refractivity contribution in [1.82, 2.24) is 14.5 Å². The maximum atomic E-state index is 13.1. The summed E-state index contributed by atoms with van der Waals surface area (Å²) in [7, 11) is -1.60. The SMILES string of the molecule is COc1nc(-n2cc(S(N)(=O)=O)c3ccc(Cl)c(N4CCOCC4)c32)nc(OC)c1CC(F)F. The highest BCUT2D eigenvalue weighted by molar-refractivity contribution is 7.89. The van der Waals surface area contributed by atoms with Gasteiger partial charge in [0.15, 0.2) is 0 Å². The minimum atomic E-state index is -4.16. The van der Waals surface area contributed by atoms with Crippen molar-refractivity contribution in [3.63, 3.8) is 0 Å². The molecule has 184 valence electrons. The summed E-state index contributed by atoms with van der Waals surface area (Å²) < 4.78 is 68.4. The highest BCUT2D eigenvalue weighted by Gasteiger charge is 2.28. The number of aromatic nitrogens is 3. The van der Waals surface area contributed by atoms with Crippen LogP contribution >= 0.6 is 11.6 Å². The van der Waals surface area contributed by atoms with E-state index in [9.17, 15) is 17.2 Å². The van der Waals surface area contributed by atoms with Gasteiger partial charge >= 0.3 is 0 Å². The van der Waals surface area contributed by atoms with E-state index in [0.29, 0.717) is 47.9 Å². The molecule has 0 amide bonds. The number of alkyl halides is 2. The summed E-state index contributed by atoms with van der Waals surface area (Å²) in [6, 6.07) is 3.12. The van der Waals surface area contributed by atoms with Crippen LogP contribution in [0.5, 0.6) is 11.8 Å². The number of rotatable bonds is 7. The van der Waals surface area contributed by atoms with Gasteiger partial charge in [-0.3, -0.25) is 4.57 Å². The summed E-state index contributed by atoms with van der Waals surface area (Å²) in [5, 5.41) is 6.15. The van der Waals surface area contributed by atoms with Gasteiger partial charge in [-0.1, -0.05) is 11.6 Å². The zero-order valence-corrected chi connectivity index (χ0v) is 19.9. The number of ether oxygens (including phenoxy) is 3. The van der Waals surface area contributed by atoms with Gasteiger partial charge in [-0.05, 0) is 12.1 Å². The van der Waals surface area contributed by atoms with E-state index < -0.39 is 22.9 Å². The molecule has 0 saturated carbocycles. The van der Waals surface area contributed by atoms with E-state index >= 15 is 0 Å². The van der Waals surface area contributed by atoms with Crippen LogP contribution in [-0.4, -0.2) is 69.9 Å². The van der Waals surface area contributed by atoms with E-state index in [4.69, 9.17) is 31.0 Å². The monoisotopic (exact) mass is 517 g/mol. The smallest absolute Gasteiger partial charge is 0.243 e. The lowest BCUT2D eigenvalue weighted by Crippen LogP contribution is -2.36. The van der Waals surface area contributed by atoms with E-state index in [1.54, 1.807) is 6.07 Å². The van der Waals surface area contributed by atoms with Crippen molar-refractivity contribution in [2.75, 3.05) is 45.4 Å². The number of fused-ring (bicyclic) bond motifs is 1.